The fourth-order valence-electron chi connectivity index (χ4n) is 2.46. The van der Waals surface area contributed by atoms with Gasteiger partial charge in [0, 0.05) is 14.1 Å². The van der Waals surface area contributed by atoms with Gasteiger partial charge in [0.1, 0.15) is 0 Å². The molecule has 8 heteroatoms. The van der Waals surface area contributed by atoms with Crippen molar-refractivity contribution in [3.05, 3.63) is 0 Å². The minimum Gasteiger partial charge on any atom is -0.320 e. The van der Waals surface area contributed by atoms with E-state index in [2.05, 4.69) is 15.5 Å². The van der Waals surface area contributed by atoms with Crippen molar-refractivity contribution >= 4 is 23.6 Å². The first-order chi connectivity index (χ1) is 10.5. The highest BCUT2D eigenvalue weighted by molar-refractivity contribution is 6.05. The standard InChI is InChI=1S/C10H14N6O2.2C2H6/c1-5-4-16-6-7(11-9(16)13-12-5)14(2)10(18)15(3)8(6)17;2*1-2/h6-7H,4H2,1-3H3,(H,11,13);2*1-2H3. The van der Waals surface area contributed by atoms with Crippen LogP contribution in [0, 0.1) is 0 Å². The van der Waals surface area contributed by atoms with E-state index >= 15 is 0 Å². The topological polar surface area (TPSA) is 80.6 Å². The van der Waals surface area contributed by atoms with E-state index in [0.29, 0.717) is 12.5 Å². The zero-order chi connectivity index (χ0) is 17.0. The predicted molar refractivity (Wildman–Crippen MR) is 86.6 cm³/mol. The lowest BCUT2D eigenvalue weighted by atomic mass is 10.1. The van der Waals surface area contributed by atoms with Crippen molar-refractivity contribution in [2.75, 3.05) is 20.6 Å². The number of likely N-dealkylation sites (N-methyl/N-ethyl adjacent to an activating group) is 2. The van der Waals surface area contributed by atoms with Gasteiger partial charge in [0.25, 0.3) is 5.91 Å². The van der Waals surface area contributed by atoms with Crippen LogP contribution in [-0.4, -0.2) is 71.2 Å². The van der Waals surface area contributed by atoms with Crippen LogP contribution in [0.4, 0.5) is 4.79 Å². The molecule has 2 unspecified atom stereocenters. The monoisotopic (exact) mass is 310 g/mol. The molecule has 0 radical (unpaired) electrons. The summed E-state index contributed by atoms with van der Waals surface area (Å²) < 4.78 is 0. The molecule has 3 rings (SSSR count). The number of nitrogens with zero attached hydrogens (tertiary/aromatic N) is 5. The van der Waals surface area contributed by atoms with E-state index in [0.717, 1.165) is 10.6 Å². The SMILES string of the molecule is CC.CC.CC1=NNC2=NC3C(C(=O)N(C)C(=O)N3C)N2C1. The van der Waals surface area contributed by atoms with Crippen molar-refractivity contribution < 1.29 is 9.59 Å². The molecule has 0 aromatic rings. The first-order valence-corrected chi connectivity index (χ1v) is 7.68. The second-order valence-corrected chi connectivity index (χ2v) is 4.69. The van der Waals surface area contributed by atoms with E-state index in [-0.39, 0.29) is 11.9 Å². The number of guanidine groups is 1. The van der Waals surface area contributed by atoms with E-state index in [9.17, 15) is 9.59 Å². The number of carbonyl (C=O) groups is 2. The average molecular weight is 310 g/mol. The van der Waals surface area contributed by atoms with Gasteiger partial charge in [-0.2, -0.15) is 5.10 Å². The van der Waals surface area contributed by atoms with Gasteiger partial charge in [-0.25, -0.2) is 15.2 Å². The van der Waals surface area contributed by atoms with Gasteiger partial charge in [0.15, 0.2) is 12.2 Å². The molecular weight excluding hydrogens is 284 g/mol. The number of imide groups is 1. The van der Waals surface area contributed by atoms with E-state index in [1.165, 1.54) is 11.9 Å². The molecule has 1 N–H and O–H groups in total. The highest BCUT2D eigenvalue weighted by Crippen LogP contribution is 2.27. The molecule has 8 nitrogen and oxygen atoms in total. The molecule has 0 aromatic carbocycles. The predicted octanol–water partition coefficient (Wildman–Crippen LogP) is 0.908. The number of hydrazone groups is 1. The Kier molecular flexibility index (Phi) is 5.90. The van der Waals surface area contributed by atoms with Gasteiger partial charge >= 0.3 is 6.03 Å². The summed E-state index contributed by atoms with van der Waals surface area (Å²) in [7, 11) is 3.15. The Morgan fingerprint density at radius 3 is 2.32 bits per heavy atom. The third-order valence-corrected chi connectivity index (χ3v) is 3.46. The van der Waals surface area contributed by atoms with Crippen LogP contribution in [0.1, 0.15) is 34.6 Å². The molecule has 0 aliphatic carbocycles. The van der Waals surface area contributed by atoms with Crippen LogP contribution in [0.5, 0.6) is 0 Å². The van der Waals surface area contributed by atoms with E-state index in [1.807, 2.05) is 39.5 Å². The van der Waals surface area contributed by atoms with Crippen LogP contribution in [-0.2, 0) is 4.79 Å². The van der Waals surface area contributed by atoms with Gasteiger partial charge in [-0.15, -0.1) is 0 Å². The lowest BCUT2D eigenvalue weighted by molar-refractivity contribution is -0.135. The molecule has 2 atom stereocenters. The molecule has 3 amide bonds. The molecule has 0 spiro atoms. The number of aliphatic imine (C=N–C) groups is 1. The number of hydrogen-bond donors (Lipinski definition) is 1. The minimum atomic E-state index is -0.468. The van der Waals surface area contributed by atoms with Crippen molar-refractivity contribution in [2.45, 2.75) is 46.8 Å². The normalized spacial score (nSPS) is 25.7. The lowest BCUT2D eigenvalue weighted by Crippen LogP contribution is -2.65. The quantitative estimate of drug-likeness (QED) is 0.721. The van der Waals surface area contributed by atoms with Gasteiger partial charge in [0.05, 0.1) is 12.3 Å². The van der Waals surface area contributed by atoms with Crippen molar-refractivity contribution in [3.8, 4) is 0 Å². The third-order valence-electron chi connectivity index (χ3n) is 3.46. The van der Waals surface area contributed by atoms with Gasteiger partial charge in [-0.1, -0.05) is 27.7 Å². The zero-order valence-electron chi connectivity index (χ0n) is 14.4. The van der Waals surface area contributed by atoms with Crippen LogP contribution in [0.15, 0.2) is 10.1 Å². The van der Waals surface area contributed by atoms with Gasteiger partial charge < -0.3 is 9.80 Å². The molecule has 1 saturated heterocycles. The summed E-state index contributed by atoms with van der Waals surface area (Å²) in [6.07, 6.45) is -0.468. The summed E-state index contributed by atoms with van der Waals surface area (Å²) >= 11 is 0. The Morgan fingerprint density at radius 1 is 1.14 bits per heavy atom. The Balaban J connectivity index is 0.000000561. The number of hydrogen-bond acceptors (Lipinski definition) is 6. The molecule has 1 fully saturated rings. The number of urea groups is 1. The summed E-state index contributed by atoms with van der Waals surface area (Å²) in [5.41, 5.74) is 3.69. The number of fused-ring (bicyclic) bond motifs is 3. The molecule has 0 saturated carbocycles. The Bertz CT molecular complexity index is 502. The maximum Gasteiger partial charge on any atom is 0.328 e. The third kappa shape index (κ3) is 2.77. The molecular formula is C14H26N6O2. The first-order valence-electron chi connectivity index (χ1n) is 7.68. The summed E-state index contributed by atoms with van der Waals surface area (Å²) in [5, 5.41) is 4.08. The van der Waals surface area contributed by atoms with E-state index < -0.39 is 12.2 Å². The number of nitrogens with one attached hydrogen (secondary N) is 1. The number of amides is 3. The maximum atomic E-state index is 12.2. The van der Waals surface area contributed by atoms with Crippen LogP contribution < -0.4 is 5.43 Å². The van der Waals surface area contributed by atoms with Crippen LogP contribution >= 0.6 is 0 Å². The Morgan fingerprint density at radius 2 is 1.73 bits per heavy atom. The van der Waals surface area contributed by atoms with Crippen molar-refractivity contribution in [1.82, 2.24) is 20.1 Å². The summed E-state index contributed by atoms with van der Waals surface area (Å²) in [6.45, 7) is 10.4. The fourth-order valence-corrected chi connectivity index (χ4v) is 2.46. The fraction of sp³-hybridized carbons (Fsp3) is 0.714. The molecule has 22 heavy (non-hydrogen) atoms. The number of carbonyl (C=O) groups excluding carboxylic acids is 2. The van der Waals surface area contributed by atoms with Crippen LogP contribution in [0.25, 0.3) is 0 Å². The van der Waals surface area contributed by atoms with Gasteiger partial charge in [0.2, 0.25) is 5.96 Å². The van der Waals surface area contributed by atoms with Crippen LogP contribution in [0.3, 0.4) is 0 Å². The van der Waals surface area contributed by atoms with Crippen LogP contribution in [0.2, 0.25) is 0 Å². The summed E-state index contributed by atoms with van der Waals surface area (Å²) in [6, 6.07) is -0.784. The molecule has 3 aliphatic rings. The average Bonchev–Trinajstić information content (AvgIpc) is 2.93. The summed E-state index contributed by atoms with van der Waals surface area (Å²) in [4.78, 5) is 32.9. The van der Waals surface area contributed by atoms with Gasteiger partial charge in [-0.3, -0.25) is 9.69 Å². The van der Waals surface area contributed by atoms with Gasteiger partial charge in [-0.05, 0) is 6.92 Å². The highest BCUT2D eigenvalue weighted by Gasteiger charge is 2.51. The lowest BCUT2D eigenvalue weighted by Gasteiger charge is -2.40. The zero-order valence-corrected chi connectivity index (χ0v) is 14.4. The van der Waals surface area contributed by atoms with E-state index in [4.69, 9.17) is 0 Å². The first kappa shape index (κ1) is 17.9. The second-order valence-electron chi connectivity index (χ2n) is 4.69. The highest BCUT2D eigenvalue weighted by atomic mass is 16.2. The number of rotatable bonds is 0. The largest absolute Gasteiger partial charge is 0.328 e. The second kappa shape index (κ2) is 7.24. The smallest absolute Gasteiger partial charge is 0.320 e. The van der Waals surface area contributed by atoms with E-state index in [1.54, 1.807) is 7.05 Å². The molecule has 0 bridgehead atoms. The Labute approximate surface area is 131 Å². The molecule has 124 valence electrons. The molecule has 0 aromatic heterocycles. The molecule has 3 aliphatic heterocycles. The Hall–Kier alpha value is -2.12. The summed E-state index contributed by atoms with van der Waals surface area (Å²) in [5.74, 6) is 0.331. The molecule has 3 heterocycles. The van der Waals surface area contributed by atoms with Crippen molar-refractivity contribution in [3.63, 3.8) is 0 Å². The maximum absolute atomic E-state index is 12.2. The minimum absolute atomic E-state index is 0.224. The van der Waals surface area contributed by atoms with Crippen molar-refractivity contribution in [2.24, 2.45) is 10.1 Å². The van der Waals surface area contributed by atoms with Crippen molar-refractivity contribution in [1.29, 1.82) is 0 Å².